The molecule has 1 spiro atoms. The van der Waals surface area contributed by atoms with Crippen LogP contribution < -0.4 is 4.74 Å². The summed E-state index contributed by atoms with van der Waals surface area (Å²) in [6.07, 6.45) is 4.10. The van der Waals surface area contributed by atoms with Crippen LogP contribution in [-0.2, 0) is 17.6 Å². The number of pyridine rings is 1. The van der Waals surface area contributed by atoms with Gasteiger partial charge < -0.3 is 19.3 Å². The Morgan fingerprint density at radius 1 is 1.35 bits per heavy atom. The molecule has 7 heteroatoms. The number of fused-ring (bicyclic) bond motifs is 1. The minimum Gasteiger partial charge on any atom is -0.480 e. The molecule has 4 rings (SSSR count). The molecule has 0 unspecified atom stereocenters. The minimum absolute atomic E-state index is 0.0458. The van der Waals surface area contributed by atoms with Gasteiger partial charge >= 0.3 is 6.09 Å². The molecule has 2 aliphatic heterocycles. The molecule has 1 aliphatic carbocycles. The molecule has 0 atom stereocenters. The van der Waals surface area contributed by atoms with E-state index in [1.54, 1.807) is 12.0 Å². The van der Waals surface area contributed by atoms with Crippen molar-refractivity contribution in [1.29, 1.82) is 0 Å². The van der Waals surface area contributed by atoms with Crippen LogP contribution in [0.4, 0.5) is 4.79 Å². The summed E-state index contributed by atoms with van der Waals surface area (Å²) in [6.45, 7) is 4.37. The van der Waals surface area contributed by atoms with Crippen LogP contribution >= 0.6 is 0 Å². The molecular weight excluding hydrogens is 334 g/mol. The predicted octanol–water partition coefficient (Wildman–Crippen LogP) is 2.03. The molecular formula is C19H25N3O4. The number of ether oxygens (including phenoxy) is 2. The lowest BCUT2D eigenvalue weighted by Crippen LogP contribution is -2.48. The molecule has 2 fully saturated rings. The first-order valence-electron chi connectivity index (χ1n) is 9.39. The number of rotatable bonds is 3. The highest BCUT2D eigenvalue weighted by atomic mass is 16.6. The molecule has 3 aliphatic rings. The summed E-state index contributed by atoms with van der Waals surface area (Å²) in [4.78, 5) is 33.1. The topological polar surface area (TPSA) is 72.0 Å². The highest BCUT2D eigenvalue weighted by Crippen LogP contribution is 2.34. The number of piperidine rings is 1. The Morgan fingerprint density at radius 2 is 2.12 bits per heavy atom. The zero-order valence-corrected chi connectivity index (χ0v) is 15.4. The lowest BCUT2D eigenvalue weighted by Gasteiger charge is -2.37. The molecule has 2 amide bonds. The molecule has 1 aromatic rings. The highest BCUT2D eigenvalue weighted by molar-refractivity contribution is 5.96. The van der Waals surface area contributed by atoms with E-state index in [9.17, 15) is 9.59 Å². The number of methoxy groups -OCH3 is 1. The normalized spacial score (nSPS) is 21.1. The van der Waals surface area contributed by atoms with Gasteiger partial charge in [-0.05, 0) is 37.8 Å². The molecule has 0 N–H and O–H groups in total. The smallest absolute Gasteiger partial charge is 0.410 e. The summed E-state index contributed by atoms with van der Waals surface area (Å²) in [5.74, 6) is 0.371. The number of carbonyl (C=O) groups is 2. The first kappa shape index (κ1) is 17.1. The van der Waals surface area contributed by atoms with E-state index in [0.29, 0.717) is 50.5 Å². The van der Waals surface area contributed by atoms with Crippen molar-refractivity contribution in [3.8, 4) is 5.88 Å². The predicted molar refractivity (Wildman–Crippen MR) is 94.4 cm³/mol. The van der Waals surface area contributed by atoms with E-state index in [0.717, 1.165) is 30.5 Å². The Balaban J connectivity index is 1.49. The standard InChI is InChI=1S/C19H25N3O4/c1-3-21-12-19(26-18(21)24)7-9-22(10-8-19)17(23)14-11-13-5-4-6-15(13)20-16(14)25-2/h11H,3-10,12H2,1-2H3. The summed E-state index contributed by atoms with van der Waals surface area (Å²) < 4.78 is 11.0. The van der Waals surface area contributed by atoms with Gasteiger partial charge in [-0.25, -0.2) is 9.78 Å². The third-order valence-electron chi connectivity index (χ3n) is 5.82. The van der Waals surface area contributed by atoms with E-state index < -0.39 is 5.60 Å². The molecule has 0 aromatic carbocycles. The minimum atomic E-state index is -0.440. The van der Waals surface area contributed by atoms with Gasteiger partial charge in [0.1, 0.15) is 11.2 Å². The summed E-state index contributed by atoms with van der Waals surface area (Å²) >= 11 is 0. The number of hydrogen-bond donors (Lipinski definition) is 0. The Kier molecular flexibility index (Phi) is 4.25. The van der Waals surface area contributed by atoms with E-state index in [-0.39, 0.29) is 12.0 Å². The second-order valence-corrected chi connectivity index (χ2v) is 7.36. The molecule has 140 valence electrons. The van der Waals surface area contributed by atoms with Crippen molar-refractivity contribution >= 4 is 12.0 Å². The average molecular weight is 359 g/mol. The lowest BCUT2D eigenvalue weighted by atomic mass is 9.91. The number of likely N-dealkylation sites (tertiary alicyclic amines) is 1. The van der Waals surface area contributed by atoms with Crippen LogP contribution in [-0.4, -0.2) is 65.7 Å². The summed E-state index contributed by atoms with van der Waals surface area (Å²) in [6, 6.07) is 1.95. The Bertz CT molecular complexity index is 741. The summed E-state index contributed by atoms with van der Waals surface area (Å²) in [5, 5.41) is 0. The van der Waals surface area contributed by atoms with Gasteiger partial charge in [-0.1, -0.05) is 0 Å². The molecule has 0 radical (unpaired) electrons. The van der Waals surface area contributed by atoms with Crippen molar-refractivity contribution in [2.45, 2.75) is 44.6 Å². The van der Waals surface area contributed by atoms with E-state index in [4.69, 9.17) is 9.47 Å². The van der Waals surface area contributed by atoms with E-state index in [1.165, 1.54) is 0 Å². The Labute approximate surface area is 153 Å². The number of nitrogens with zero attached hydrogens (tertiary/aromatic N) is 3. The maximum Gasteiger partial charge on any atom is 0.410 e. The quantitative estimate of drug-likeness (QED) is 0.826. The van der Waals surface area contributed by atoms with Crippen molar-refractivity contribution in [3.05, 3.63) is 22.9 Å². The molecule has 7 nitrogen and oxygen atoms in total. The van der Waals surface area contributed by atoms with E-state index in [2.05, 4.69) is 4.98 Å². The van der Waals surface area contributed by atoms with E-state index in [1.807, 2.05) is 17.9 Å². The largest absolute Gasteiger partial charge is 0.480 e. The van der Waals surface area contributed by atoms with Crippen molar-refractivity contribution in [2.24, 2.45) is 0 Å². The third-order valence-corrected chi connectivity index (χ3v) is 5.82. The fourth-order valence-corrected chi connectivity index (χ4v) is 4.25. The SMILES string of the molecule is CCN1CC2(CCN(C(=O)c3cc4c(nc3OC)CCC4)CC2)OC1=O. The van der Waals surface area contributed by atoms with Gasteiger partial charge in [-0.3, -0.25) is 4.79 Å². The lowest BCUT2D eigenvalue weighted by molar-refractivity contribution is 0.00305. The number of likely N-dealkylation sites (N-methyl/N-ethyl adjacent to an activating group) is 1. The molecule has 1 aromatic heterocycles. The van der Waals surface area contributed by atoms with Crippen LogP contribution in [0.15, 0.2) is 6.07 Å². The van der Waals surface area contributed by atoms with Crippen molar-refractivity contribution < 1.29 is 19.1 Å². The summed E-state index contributed by atoms with van der Waals surface area (Å²) in [7, 11) is 1.56. The van der Waals surface area contributed by atoms with Crippen LogP contribution in [0, 0.1) is 0 Å². The first-order chi connectivity index (χ1) is 12.5. The Hall–Kier alpha value is -2.31. The van der Waals surface area contributed by atoms with Crippen molar-refractivity contribution in [1.82, 2.24) is 14.8 Å². The van der Waals surface area contributed by atoms with Crippen molar-refractivity contribution in [2.75, 3.05) is 33.3 Å². The van der Waals surface area contributed by atoms with Gasteiger partial charge in [0, 0.05) is 38.2 Å². The zero-order chi connectivity index (χ0) is 18.3. The van der Waals surface area contributed by atoms with Gasteiger partial charge in [0.25, 0.3) is 5.91 Å². The molecule has 26 heavy (non-hydrogen) atoms. The van der Waals surface area contributed by atoms with Crippen LogP contribution in [0.5, 0.6) is 5.88 Å². The van der Waals surface area contributed by atoms with Gasteiger partial charge in [0.2, 0.25) is 5.88 Å². The van der Waals surface area contributed by atoms with Crippen LogP contribution in [0.2, 0.25) is 0 Å². The van der Waals surface area contributed by atoms with Crippen LogP contribution in [0.25, 0.3) is 0 Å². The zero-order valence-electron chi connectivity index (χ0n) is 15.4. The van der Waals surface area contributed by atoms with Crippen LogP contribution in [0.1, 0.15) is 47.8 Å². The van der Waals surface area contributed by atoms with Crippen LogP contribution in [0.3, 0.4) is 0 Å². The Morgan fingerprint density at radius 3 is 2.77 bits per heavy atom. The number of carbonyl (C=O) groups excluding carboxylic acids is 2. The summed E-state index contributed by atoms with van der Waals surface area (Å²) in [5.41, 5.74) is 2.31. The maximum atomic E-state index is 13.1. The van der Waals surface area contributed by atoms with Gasteiger partial charge in [-0.15, -0.1) is 0 Å². The number of amides is 2. The fourth-order valence-electron chi connectivity index (χ4n) is 4.25. The third kappa shape index (κ3) is 2.79. The van der Waals surface area contributed by atoms with Gasteiger partial charge in [-0.2, -0.15) is 0 Å². The van der Waals surface area contributed by atoms with E-state index >= 15 is 0 Å². The second-order valence-electron chi connectivity index (χ2n) is 7.36. The fraction of sp³-hybridized carbons (Fsp3) is 0.632. The second kappa shape index (κ2) is 6.45. The number of hydrogen-bond acceptors (Lipinski definition) is 5. The monoisotopic (exact) mass is 359 g/mol. The highest BCUT2D eigenvalue weighted by Gasteiger charge is 2.47. The van der Waals surface area contributed by atoms with Crippen molar-refractivity contribution in [3.63, 3.8) is 0 Å². The maximum absolute atomic E-state index is 13.1. The molecule has 2 saturated heterocycles. The number of aromatic nitrogens is 1. The first-order valence-corrected chi connectivity index (χ1v) is 9.39. The van der Waals surface area contributed by atoms with Gasteiger partial charge in [0.15, 0.2) is 0 Å². The molecule has 3 heterocycles. The molecule has 0 saturated carbocycles. The number of aryl methyl sites for hydroxylation is 2. The molecule has 0 bridgehead atoms. The van der Waals surface area contributed by atoms with Gasteiger partial charge in [0.05, 0.1) is 13.7 Å². The average Bonchev–Trinajstić information content (AvgIpc) is 3.24.